The van der Waals surface area contributed by atoms with Crippen LogP contribution < -0.4 is 5.32 Å². The number of nitrogens with one attached hydrogen (secondary N) is 1. The lowest BCUT2D eigenvalue weighted by Gasteiger charge is -2.18. The Morgan fingerprint density at radius 3 is 3.00 bits per heavy atom. The van der Waals surface area contributed by atoms with Gasteiger partial charge in [-0.3, -0.25) is 0 Å². The van der Waals surface area contributed by atoms with Crippen LogP contribution >= 0.6 is 11.8 Å². The summed E-state index contributed by atoms with van der Waals surface area (Å²) in [6, 6.07) is 0.756. The van der Waals surface area contributed by atoms with E-state index in [4.69, 9.17) is 4.74 Å². The van der Waals surface area contributed by atoms with E-state index in [9.17, 15) is 0 Å². The lowest BCUT2D eigenvalue weighted by atomic mass is 10.2. The van der Waals surface area contributed by atoms with Crippen LogP contribution in [0.5, 0.6) is 0 Å². The molecule has 0 aromatic carbocycles. The molecule has 1 aliphatic rings. The average molecular weight is 203 g/mol. The van der Waals surface area contributed by atoms with E-state index in [0.29, 0.717) is 0 Å². The Labute approximate surface area is 85.8 Å². The molecule has 0 aliphatic heterocycles. The third-order valence-electron chi connectivity index (χ3n) is 2.69. The fourth-order valence-corrected chi connectivity index (χ4v) is 2.91. The second kappa shape index (κ2) is 6.68. The highest BCUT2D eigenvalue weighted by Gasteiger charge is 2.25. The first-order valence-electron chi connectivity index (χ1n) is 5.13. The van der Waals surface area contributed by atoms with Gasteiger partial charge in [-0.2, -0.15) is 11.8 Å². The summed E-state index contributed by atoms with van der Waals surface area (Å²) in [7, 11) is 1.76. The predicted molar refractivity (Wildman–Crippen MR) is 59.4 cm³/mol. The van der Waals surface area contributed by atoms with Gasteiger partial charge in [0.2, 0.25) is 0 Å². The highest BCUT2D eigenvalue weighted by Crippen LogP contribution is 2.28. The maximum Gasteiger partial charge on any atom is 0.0474 e. The number of methoxy groups -OCH3 is 1. The Morgan fingerprint density at radius 1 is 1.46 bits per heavy atom. The Balaban J connectivity index is 2.06. The van der Waals surface area contributed by atoms with Crippen molar-refractivity contribution in [2.45, 2.75) is 37.0 Å². The maximum absolute atomic E-state index is 5.01. The topological polar surface area (TPSA) is 21.3 Å². The molecule has 1 saturated carbocycles. The van der Waals surface area contributed by atoms with Crippen LogP contribution in [0.15, 0.2) is 0 Å². The Bertz CT molecular complexity index is 132. The molecule has 0 aromatic rings. The van der Waals surface area contributed by atoms with Crippen molar-refractivity contribution in [3.8, 4) is 0 Å². The molecule has 0 saturated heterocycles. The molecule has 78 valence electrons. The van der Waals surface area contributed by atoms with Crippen LogP contribution in [-0.4, -0.2) is 37.8 Å². The molecule has 1 N–H and O–H groups in total. The van der Waals surface area contributed by atoms with Gasteiger partial charge in [0.05, 0.1) is 0 Å². The van der Waals surface area contributed by atoms with E-state index < -0.39 is 0 Å². The average Bonchev–Trinajstić information content (AvgIpc) is 2.60. The molecule has 2 unspecified atom stereocenters. The molecular weight excluding hydrogens is 182 g/mol. The first-order chi connectivity index (χ1) is 6.38. The summed E-state index contributed by atoms with van der Waals surface area (Å²) in [6.07, 6.45) is 7.50. The first-order valence-corrected chi connectivity index (χ1v) is 6.42. The molecule has 0 amide bonds. The van der Waals surface area contributed by atoms with E-state index in [-0.39, 0.29) is 0 Å². The fraction of sp³-hybridized carbons (Fsp3) is 1.00. The lowest BCUT2D eigenvalue weighted by Crippen LogP contribution is -2.34. The highest BCUT2D eigenvalue weighted by molar-refractivity contribution is 7.99. The van der Waals surface area contributed by atoms with Gasteiger partial charge >= 0.3 is 0 Å². The van der Waals surface area contributed by atoms with Crippen molar-refractivity contribution in [2.75, 3.05) is 26.5 Å². The highest BCUT2D eigenvalue weighted by atomic mass is 32.2. The van der Waals surface area contributed by atoms with E-state index in [1.54, 1.807) is 7.11 Å². The standard InChI is InChI=1S/C10H21NOS/c1-12-8-4-7-11-9-5-3-6-10(9)13-2/h9-11H,3-8H2,1-2H3. The SMILES string of the molecule is COCCCNC1CCCC1SC. The molecule has 0 radical (unpaired) electrons. The van der Waals surface area contributed by atoms with E-state index in [1.807, 2.05) is 11.8 Å². The van der Waals surface area contributed by atoms with Gasteiger partial charge in [-0.25, -0.2) is 0 Å². The molecule has 0 spiro atoms. The van der Waals surface area contributed by atoms with E-state index in [1.165, 1.54) is 19.3 Å². The van der Waals surface area contributed by atoms with Crippen LogP contribution in [0.4, 0.5) is 0 Å². The minimum atomic E-state index is 0.756. The Morgan fingerprint density at radius 2 is 2.31 bits per heavy atom. The van der Waals surface area contributed by atoms with Gasteiger partial charge in [0.25, 0.3) is 0 Å². The minimum absolute atomic E-state index is 0.756. The summed E-state index contributed by atoms with van der Waals surface area (Å²) in [4.78, 5) is 0. The molecule has 13 heavy (non-hydrogen) atoms. The molecule has 0 bridgehead atoms. The first kappa shape index (κ1) is 11.3. The normalized spacial score (nSPS) is 28.2. The summed E-state index contributed by atoms with van der Waals surface area (Å²) < 4.78 is 5.01. The largest absolute Gasteiger partial charge is 0.385 e. The van der Waals surface area contributed by atoms with Crippen LogP contribution in [-0.2, 0) is 4.74 Å². The molecule has 0 aromatic heterocycles. The van der Waals surface area contributed by atoms with Gasteiger partial charge in [0, 0.05) is 25.0 Å². The summed E-state index contributed by atoms with van der Waals surface area (Å²) in [6.45, 7) is 1.99. The van der Waals surface area contributed by atoms with E-state index in [0.717, 1.165) is 30.9 Å². The molecule has 3 heteroatoms. The third-order valence-corrected chi connectivity index (χ3v) is 3.86. The number of rotatable bonds is 6. The molecular formula is C10H21NOS. The van der Waals surface area contributed by atoms with Crippen LogP contribution in [0.1, 0.15) is 25.7 Å². The van der Waals surface area contributed by atoms with Crippen molar-refractivity contribution in [3.63, 3.8) is 0 Å². The number of thioether (sulfide) groups is 1. The Hall–Kier alpha value is 0.270. The molecule has 2 atom stereocenters. The van der Waals surface area contributed by atoms with Crippen LogP contribution in [0.3, 0.4) is 0 Å². The molecule has 1 rings (SSSR count). The molecule has 0 heterocycles. The second-order valence-corrected chi connectivity index (χ2v) is 4.69. The number of ether oxygens (including phenoxy) is 1. The van der Waals surface area contributed by atoms with Crippen molar-refractivity contribution < 1.29 is 4.74 Å². The summed E-state index contributed by atoms with van der Waals surface area (Å²) in [5, 5.41) is 4.47. The zero-order valence-corrected chi connectivity index (χ0v) is 9.53. The van der Waals surface area contributed by atoms with Crippen molar-refractivity contribution in [1.29, 1.82) is 0 Å². The Kier molecular flexibility index (Phi) is 5.83. The summed E-state index contributed by atoms with van der Waals surface area (Å²) >= 11 is 2.01. The lowest BCUT2D eigenvalue weighted by molar-refractivity contribution is 0.193. The monoisotopic (exact) mass is 203 g/mol. The van der Waals surface area contributed by atoms with Gasteiger partial charge < -0.3 is 10.1 Å². The van der Waals surface area contributed by atoms with Crippen LogP contribution in [0.2, 0.25) is 0 Å². The van der Waals surface area contributed by atoms with Gasteiger partial charge in [-0.1, -0.05) is 6.42 Å². The smallest absolute Gasteiger partial charge is 0.0474 e. The predicted octanol–water partition coefficient (Wildman–Crippen LogP) is 1.90. The maximum atomic E-state index is 5.01. The van der Waals surface area contributed by atoms with Gasteiger partial charge in [0.15, 0.2) is 0 Å². The van der Waals surface area contributed by atoms with E-state index in [2.05, 4.69) is 11.6 Å². The van der Waals surface area contributed by atoms with Crippen molar-refractivity contribution in [2.24, 2.45) is 0 Å². The molecule has 1 aliphatic carbocycles. The quantitative estimate of drug-likeness (QED) is 0.666. The van der Waals surface area contributed by atoms with Crippen molar-refractivity contribution in [3.05, 3.63) is 0 Å². The van der Waals surface area contributed by atoms with Gasteiger partial charge in [-0.05, 0) is 32.1 Å². The van der Waals surface area contributed by atoms with Gasteiger partial charge in [0.1, 0.15) is 0 Å². The van der Waals surface area contributed by atoms with Gasteiger partial charge in [-0.15, -0.1) is 0 Å². The fourth-order valence-electron chi connectivity index (χ4n) is 1.95. The summed E-state index contributed by atoms with van der Waals surface area (Å²) in [5.41, 5.74) is 0. The van der Waals surface area contributed by atoms with E-state index >= 15 is 0 Å². The summed E-state index contributed by atoms with van der Waals surface area (Å²) in [5.74, 6) is 0. The van der Waals surface area contributed by atoms with Crippen LogP contribution in [0.25, 0.3) is 0 Å². The van der Waals surface area contributed by atoms with Crippen LogP contribution in [0, 0.1) is 0 Å². The van der Waals surface area contributed by atoms with Crippen molar-refractivity contribution in [1.82, 2.24) is 5.32 Å². The number of hydrogen-bond acceptors (Lipinski definition) is 3. The molecule has 2 nitrogen and oxygen atoms in total. The second-order valence-electron chi connectivity index (χ2n) is 3.61. The zero-order chi connectivity index (χ0) is 9.52. The zero-order valence-electron chi connectivity index (χ0n) is 8.71. The third kappa shape index (κ3) is 3.88. The molecule has 1 fully saturated rings. The van der Waals surface area contributed by atoms with Crippen molar-refractivity contribution >= 4 is 11.8 Å². The number of hydrogen-bond donors (Lipinski definition) is 1. The minimum Gasteiger partial charge on any atom is -0.385 e.